The van der Waals surface area contributed by atoms with Gasteiger partial charge in [-0.15, -0.1) is 0 Å². The van der Waals surface area contributed by atoms with Gasteiger partial charge < -0.3 is 24.7 Å². The van der Waals surface area contributed by atoms with E-state index in [0.29, 0.717) is 22.8 Å². The smallest absolute Gasteiger partial charge is 0.229 e. The van der Waals surface area contributed by atoms with Crippen LogP contribution in [-0.4, -0.2) is 53.3 Å². The lowest BCUT2D eigenvalue weighted by Crippen LogP contribution is -2.36. The molecule has 0 saturated carbocycles. The van der Waals surface area contributed by atoms with Crippen LogP contribution in [0, 0.1) is 0 Å². The molecule has 30 heavy (non-hydrogen) atoms. The van der Waals surface area contributed by atoms with E-state index in [4.69, 9.17) is 14.5 Å². The molecule has 0 atom stereocenters. The van der Waals surface area contributed by atoms with Crippen molar-refractivity contribution in [3.05, 3.63) is 54.9 Å². The molecule has 0 radical (unpaired) electrons. The van der Waals surface area contributed by atoms with Crippen LogP contribution in [0.2, 0.25) is 0 Å². The van der Waals surface area contributed by atoms with Gasteiger partial charge in [-0.3, -0.25) is 0 Å². The molecule has 1 aliphatic heterocycles. The maximum Gasteiger partial charge on any atom is 0.229 e. The van der Waals surface area contributed by atoms with Crippen LogP contribution in [0.1, 0.15) is 0 Å². The molecule has 0 bridgehead atoms. The van der Waals surface area contributed by atoms with Crippen molar-refractivity contribution < 1.29 is 9.47 Å². The number of aromatic nitrogens is 4. The Hall–Kier alpha value is -3.65. The number of rotatable bonds is 5. The van der Waals surface area contributed by atoms with Gasteiger partial charge in [0.25, 0.3) is 0 Å². The number of methoxy groups -OCH3 is 1. The molecule has 1 fully saturated rings. The molecule has 0 spiro atoms. The number of anilines is 3. The van der Waals surface area contributed by atoms with Gasteiger partial charge in [0, 0.05) is 30.0 Å². The van der Waals surface area contributed by atoms with E-state index in [-0.39, 0.29) is 0 Å². The number of hydrogen-bond acceptors (Lipinski definition) is 7. The number of H-pyrrole nitrogens is 1. The molecule has 1 aliphatic rings. The molecule has 3 heterocycles. The quantitative estimate of drug-likeness (QED) is 0.527. The lowest BCUT2D eigenvalue weighted by molar-refractivity contribution is 0.122. The van der Waals surface area contributed by atoms with Crippen LogP contribution < -0.4 is 15.0 Å². The maximum atomic E-state index is 5.52. The summed E-state index contributed by atoms with van der Waals surface area (Å²) in [6.45, 7) is 3.36. The number of morpholine rings is 1. The molecular formula is C22H22N6O2. The Kier molecular flexibility index (Phi) is 4.90. The van der Waals surface area contributed by atoms with Crippen molar-refractivity contribution in [1.82, 2.24) is 19.9 Å². The molecule has 2 N–H and O–H groups in total. The molecule has 2 aromatic carbocycles. The topological polar surface area (TPSA) is 88.2 Å². The standard InChI is InChI=1S/C22H22N6O2/c1-29-18-5-3-2-4-17(18)19-20-21(24-14-23-20)27-22(26-19)25-15-6-8-16(9-7-15)28-10-12-30-13-11-28/h2-9,14H,10-13H2,1H3,(H2,23,24,25,26,27). The average Bonchev–Trinajstić information content (AvgIpc) is 3.28. The summed E-state index contributed by atoms with van der Waals surface area (Å²) in [4.78, 5) is 19.1. The number of benzene rings is 2. The van der Waals surface area contributed by atoms with Gasteiger partial charge in [-0.2, -0.15) is 4.98 Å². The van der Waals surface area contributed by atoms with E-state index in [2.05, 4.69) is 37.3 Å². The van der Waals surface area contributed by atoms with Gasteiger partial charge in [0.1, 0.15) is 17.0 Å². The minimum atomic E-state index is 0.492. The maximum absolute atomic E-state index is 5.52. The van der Waals surface area contributed by atoms with Crippen molar-refractivity contribution in [3.8, 4) is 17.0 Å². The Labute approximate surface area is 173 Å². The zero-order chi connectivity index (χ0) is 20.3. The Morgan fingerprint density at radius 2 is 1.83 bits per heavy atom. The first-order valence-corrected chi connectivity index (χ1v) is 9.86. The summed E-state index contributed by atoms with van der Waals surface area (Å²) in [5.74, 6) is 1.23. The second-order valence-corrected chi connectivity index (χ2v) is 6.97. The van der Waals surface area contributed by atoms with Crippen LogP contribution >= 0.6 is 0 Å². The summed E-state index contributed by atoms with van der Waals surface area (Å²) >= 11 is 0. The van der Waals surface area contributed by atoms with Crippen molar-refractivity contribution >= 4 is 28.5 Å². The number of fused-ring (bicyclic) bond motifs is 1. The van der Waals surface area contributed by atoms with Gasteiger partial charge in [0.05, 0.1) is 26.7 Å². The Balaban J connectivity index is 1.46. The molecule has 8 nitrogen and oxygen atoms in total. The summed E-state index contributed by atoms with van der Waals surface area (Å²) < 4.78 is 11.0. The van der Waals surface area contributed by atoms with Gasteiger partial charge in [0.15, 0.2) is 5.65 Å². The van der Waals surface area contributed by atoms with Crippen molar-refractivity contribution in [1.29, 1.82) is 0 Å². The number of aromatic amines is 1. The minimum Gasteiger partial charge on any atom is -0.496 e. The first-order chi connectivity index (χ1) is 14.8. The number of hydrogen-bond donors (Lipinski definition) is 2. The second kappa shape index (κ2) is 8.00. The van der Waals surface area contributed by atoms with E-state index in [1.54, 1.807) is 13.4 Å². The number of imidazole rings is 1. The van der Waals surface area contributed by atoms with Gasteiger partial charge in [-0.25, -0.2) is 9.97 Å². The van der Waals surface area contributed by atoms with E-state index in [1.165, 1.54) is 5.69 Å². The summed E-state index contributed by atoms with van der Waals surface area (Å²) in [7, 11) is 1.65. The molecule has 0 amide bonds. The highest BCUT2D eigenvalue weighted by Gasteiger charge is 2.16. The van der Waals surface area contributed by atoms with Crippen molar-refractivity contribution in [2.75, 3.05) is 43.6 Å². The summed E-state index contributed by atoms with van der Waals surface area (Å²) in [6.07, 6.45) is 1.62. The molecule has 0 aliphatic carbocycles. The Bertz CT molecular complexity index is 1150. The third-order valence-electron chi connectivity index (χ3n) is 5.14. The highest BCUT2D eigenvalue weighted by molar-refractivity contribution is 5.90. The van der Waals surface area contributed by atoms with E-state index in [0.717, 1.165) is 43.3 Å². The van der Waals surface area contributed by atoms with Crippen LogP contribution in [0.3, 0.4) is 0 Å². The summed E-state index contributed by atoms with van der Waals surface area (Å²) in [6, 6.07) is 16.0. The molecular weight excluding hydrogens is 380 g/mol. The first-order valence-electron chi connectivity index (χ1n) is 9.86. The Morgan fingerprint density at radius 1 is 1.03 bits per heavy atom. The first kappa shape index (κ1) is 18.4. The van der Waals surface area contributed by atoms with E-state index in [1.807, 2.05) is 36.4 Å². The number of nitrogens with zero attached hydrogens (tertiary/aromatic N) is 4. The highest BCUT2D eigenvalue weighted by atomic mass is 16.5. The van der Waals surface area contributed by atoms with E-state index in [9.17, 15) is 0 Å². The minimum absolute atomic E-state index is 0.492. The fraction of sp³-hybridized carbons (Fsp3) is 0.227. The van der Waals surface area contributed by atoms with Gasteiger partial charge in [0.2, 0.25) is 5.95 Å². The molecule has 152 valence electrons. The fourth-order valence-electron chi connectivity index (χ4n) is 3.63. The van der Waals surface area contributed by atoms with Crippen molar-refractivity contribution in [2.45, 2.75) is 0 Å². The van der Waals surface area contributed by atoms with Crippen molar-refractivity contribution in [3.63, 3.8) is 0 Å². The highest BCUT2D eigenvalue weighted by Crippen LogP contribution is 2.33. The lowest BCUT2D eigenvalue weighted by atomic mass is 10.1. The number of nitrogens with one attached hydrogen (secondary N) is 2. The molecule has 5 rings (SSSR count). The third-order valence-corrected chi connectivity index (χ3v) is 5.14. The van der Waals surface area contributed by atoms with Crippen LogP contribution in [0.15, 0.2) is 54.9 Å². The number of para-hydroxylation sites is 1. The average molecular weight is 402 g/mol. The zero-order valence-corrected chi connectivity index (χ0v) is 16.6. The van der Waals surface area contributed by atoms with Crippen LogP contribution in [-0.2, 0) is 4.74 Å². The van der Waals surface area contributed by atoms with Gasteiger partial charge >= 0.3 is 0 Å². The normalized spacial score (nSPS) is 14.1. The molecule has 8 heteroatoms. The second-order valence-electron chi connectivity index (χ2n) is 6.97. The van der Waals surface area contributed by atoms with Crippen LogP contribution in [0.5, 0.6) is 5.75 Å². The number of ether oxygens (including phenoxy) is 2. The Morgan fingerprint density at radius 3 is 2.63 bits per heavy atom. The predicted molar refractivity (Wildman–Crippen MR) is 116 cm³/mol. The van der Waals surface area contributed by atoms with E-state index >= 15 is 0 Å². The van der Waals surface area contributed by atoms with Crippen LogP contribution in [0.25, 0.3) is 22.4 Å². The fourth-order valence-corrected chi connectivity index (χ4v) is 3.63. The van der Waals surface area contributed by atoms with Crippen LogP contribution in [0.4, 0.5) is 17.3 Å². The van der Waals surface area contributed by atoms with Gasteiger partial charge in [-0.1, -0.05) is 12.1 Å². The molecule has 0 unspecified atom stereocenters. The molecule has 1 saturated heterocycles. The van der Waals surface area contributed by atoms with Crippen molar-refractivity contribution in [2.24, 2.45) is 0 Å². The largest absolute Gasteiger partial charge is 0.496 e. The monoisotopic (exact) mass is 402 g/mol. The summed E-state index contributed by atoms with van der Waals surface area (Å²) in [5, 5.41) is 3.31. The predicted octanol–water partition coefficient (Wildman–Crippen LogP) is 3.61. The summed E-state index contributed by atoms with van der Waals surface area (Å²) in [5.41, 5.74) is 5.04. The third kappa shape index (κ3) is 3.53. The van der Waals surface area contributed by atoms with E-state index < -0.39 is 0 Å². The van der Waals surface area contributed by atoms with Gasteiger partial charge in [-0.05, 0) is 36.4 Å². The SMILES string of the molecule is COc1ccccc1-c1nc(Nc2ccc(N3CCOCC3)cc2)nc2[nH]cnc12. The zero-order valence-electron chi connectivity index (χ0n) is 16.6. The molecule has 4 aromatic rings. The molecule has 2 aromatic heterocycles. The lowest BCUT2D eigenvalue weighted by Gasteiger charge is -2.28.